The summed E-state index contributed by atoms with van der Waals surface area (Å²) in [7, 11) is 0. The molecule has 4 rings (SSSR count). The standard InChI is InChI=1S/C19H20N4O3/c24-19(15-6-8-23-13-20-22-18(23)10-15)21-16-7-9-25-12-17(16)26-11-14-4-2-1-3-5-14/h1-6,8,10,13,16-17H,7,9,11-12H2,(H,21,24)/t16-,17-/m1/s1. The molecule has 3 heterocycles. The molecule has 1 fully saturated rings. The van der Waals surface area contributed by atoms with E-state index in [1.54, 1.807) is 29.1 Å². The molecule has 0 bridgehead atoms. The first kappa shape index (κ1) is 16.7. The third kappa shape index (κ3) is 3.74. The van der Waals surface area contributed by atoms with Crippen LogP contribution in [0, 0.1) is 0 Å². The SMILES string of the molecule is O=C(N[C@@H]1CCOC[C@H]1OCc1ccccc1)c1ccn2cnnc2c1. The van der Waals surface area contributed by atoms with Crippen LogP contribution in [0.5, 0.6) is 0 Å². The first-order valence-corrected chi connectivity index (χ1v) is 8.63. The van der Waals surface area contributed by atoms with Crippen molar-refractivity contribution in [2.24, 2.45) is 0 Å². The molecule has 1 saturated heterocycles. The third-order valence-electron chi connectivity index (χ3n) is 4.49. The molecule has 1 aliphatic heterocycles. The molecule has 1 amide bonds. The normalized spacial score (nSPS) is 20.2. The van der Waals surface area contributed by atoms with Crippen molar-refractivity contribution in [3.05, 3.63) is 66.1 Å². The van der Waals surface area contributed by atoms with Gasteiger partial charge in [-0.05, 0) is 24.1 Å². The highest BCUT2D eigenvalue weighted by molar-refractivity contribution is 5.95. The number of carbonyl (C=O) groups excluding carboxylic acids is 1. The van der Waals surface area contributed by atoms with Gasteiger partial charge in [-0.15, -0.1) is 10.2 Å². The number of ether oxygens (including phenoxy) is 2. The minimum Gasteiger partial charge on any atom is -0.379 e. The van der Waals surface area contributed by atoms with Crippen LogP contribution < -0.4 is 5.32 Å². The molecule has 0 radical (unpaired) electrons. The van der Waals surface area contributed by atoms with E-state index in [0.717, 1.165) is 12.0 Å². The number of nitrogens with zero attached hydrogens (tertiary/aromatic N) is 3. The average Bonchev–Trinajstić information content (AvgIpc) is 3.16. The zero-order chi connectivity index (χ0) is 17.8. The van der Waals surface area contributed by atoms with Gasteiger partial charge in [0.1, 0.15) is 12.4 Å². The second-order valence-electron chi connectivity index (χ2n) is 6.29. The molecule has 3 aromatic rings. The van der Waals surface area contributed by atoms with Gasteiger partial charge < -0.3 is 14.8 Å². The van der Waals surface area contributed by atoms with Gasteiger partial charge in [-0.3, -0.25) is 9.20 Å². The Bertz CT molecular complexity index is 881. The Morgan fingerprint density at radius 1 is 1.31 bits per heavy atom. The van der Waals surface area contributed by atoms with Crippen LogP contribution >= 0.6 is 0 Å². The summed E-state index contributed by atoms with van der Waals surface area (Å²) in [5.74, 6) is -0.143. The molecular weight excluding hydrogens is 332 g/mol. The van der Waals surface area contributed by atoms with Crippen LogP contribution in [0.1, 0.15) is 22.3 Å². The van der Waals surface area contributed by atoms with Crippen molar-refractivity contribution in [3.63, 3.8) is 0 Å². The van der Waals surface area contributed by atoms with Gasteiger partial charge in [-0.2, -0.15) is 0 Å². The van der Waals surface area contributed by atoms with E-state index < -0.39 is 0 Å². The van der Waals surface area contributed by atoms with E-state index in [1.165, 1.54) is 0 Å². The molecule has 26 heavy (non-hydrogen) atoms. The number of benzene rings is 1. The Balaban J connectivity index is 1.41. The topological polar surface area (TPSA) is 77.8 Å². The summed E-state index contributed by atoms with van der Waals surface area (Å²) in [5, 5.41) is 10.9. The number of fused-ring (bicyclic) bond motifs is 1. The summed E-state index contributed by atoms with van der Waals surface area (Å²) in [6, 6.07) is 13.4. The molecule has 0 unspecified atom stereocenters. The fourth-order valence-corrected chi connectivity index (χ4v) is 3.03. The number of nitrogens with one attached hydrogen (secondary N) is 1. The fourth-order valence-electron chi connectivity index (χ4n) is 3.03. The molecule has 134 valence electrons. The van der Waals surface area contributed by atoms with Crippen molar-refractivity contribution in [3.8, 4) is 0 Å². The number of amides is 1. The quantitative estimate of drug-likeness (QED) is 0.758. The van der Waals surface area contributed by atoms with Gasteiger partial charge >= 0.3 is 0 Å². The maximum Gasteiger partial charge on any atom is 0.251 e. The summed E-state index contributed by atoms with van der Waals surface area (Å²) in [5.41, 5.74) is 2.29. The summed E-state index contributed by atoms with van der Waals surface area (Å²) in [6.45, 7) is 1.58. The Morgan fingerprint density at radius 3 is 3.08 bits per heavy atom. The number of hydrogen-bond donors (Lipinski definition) is 1. The van der Waals surface area contributed by atoms with Crippen molar-refractivity contribution in [2.75, 3.05) is 13.2 Å². The van der Waals surface area contributed by atoms with E-state index in [1.807, 2.05) is 30.3 Å². The van der Waals surface area contributed by atoms with Crippen LogP contribution in [0.2, 0.25) is 0 Å². The van der Waals surface area contributed by atoms with Gasteiger partial charge in [0.25, 0.3) is 5.91 Å². The maximum absolute atomic E-state index is 12.6. The molecule has 0 aliphatic carbocycles. The van der Waals surface area contributed by atoms with E-state index in [0.29, 0.717) is 31.0 Å². The predicted octanol–water partition coefficient (Wildman–Crippen LogP) is 1.83. The van der Waals surface area contributed by atoms with Gasteiger partial charge in [0.2, 0.25) is 0 Å². The van der Waals surface area contributed by atoms with E-state index in [2.05, 4.69) is 15.5 Å². The summed E-state index contributed by atoms with van der Waals surface area (Å²) in [6.07, 6.45) is 3.92. The lowest BCUT2D eigenvalue weighted by Gasteiger charge is -2.32. The van der Waals surface area contributed by atoms with Crippen LogP contribution in [0.15, 0.2) is 55.0 Å². The van der Waals surface area contributed by atoms with Gasteiger partial charge in [0.15, 0.2) is 5.65 Å². The molecule has 7 nitrogen and oxygen atoms in total. The van der Waals surface area contributed by atoms with E-state index in [4.69, 9.17) is 9.47 Å². The van der Waals surface area contributed by atoms with Crippen LogP contribution in [0.4, 0.5) is 0 Å². The van der Waals surface area contributed by atoms with Gasteiger partial charge in [-0.1, -0.05) is 30.3 Å². The van der Waals surface area contributed by atoms with E-state index in [9.17, 15) is 4.79 Å². The predicted molar refractivity (Wildman–Crippen MR) is 94.7 cm³/mol. The minimum atomic E-state index is -0.176. The van der Waals surface area contributed by atoms with Crippen molar-refractivity contribution < 1.29 is 14.3 Å². The Hall–Kier alpha value is -2.77. The Morgan fingerprint density at radius 2 is 2.19 bits per heavy atom. The third-order valence-corrected chi connectivity index (χ3v) is 4.49. The first-order valence-electron chi connectivity index (χ1n) is 8.63. The zero-order valence-corrected chi connectivity index (χ0v) is 14.2. The van der Waals surface area contributed by atoms with Crippen molar-refractivity contribution in [2.45, 2.75) is 25.2 Å². The van der Waals surface area contributed by atoms with E-state index >= 15 is 0 Å². The van der Waals surface area contributed by atoms with Crippen LogP contribution in [-0.2, 0) is 16.1 Å². The molecule has 2 aromatic heterocycles. The molecule has 7 heteroatoms. The van der Waals surface area contributed by atoms with Crippen LogP contribution in [-0.4, -0.2) is 45.9 Å². The fraction of sp³-hybridized carbons (Fsp3) is 0.316. The van der Waals surface area contributed by atoms with Gasteiger partial charge in [-0.25, -0.2) is 0 Å². The van der Waals surface area contributed by atoms with Crippen LogP contribution in [0.3, 0.4) is 0 Å². The molecule has 1 aromatic carbocycles. The lowest BCUT2D eigenvalue weighted by molar-refractivity contribution is -0.0736. The number of rotatable bonds is 5. The Kier molecular flexibility index (Phi) is 4.90. The highest BCUT2D eigenvalue weighted by atomic mass is 16.5. The highest BCUT2D eigenvalue weighted by Crippen LogP contribution is 2.15. The number of aromatic nitrogens is 3. The zero-order valence-electron chi connectivity index (χ0n) is 14.2. The van der Waals surface area contributed by atoms with Crippen LogP contribution in [0.25, 0.3) is 5.65 Å². The number of carbonyl (C=O) groups is 1. The van der Waals surface area contributed by atoms with Crippen molar-refractivity contribution >= 4 is 11.6 Å². The lowest BCUT2D eigenvalue weighted by atomic mass is 10.1. The maximum atomic E-state index is 12.6. The van der Waals surface area contributed by atoms with Crippen molar-refractivity contribution in [1.29, 1.82) is 0 Å². The second kappa shape index (κ2) is 7.63. The molecular formula is C19H20N4O3. The molecule has 2 atom stereocenters. The smallest absolute Gasteiger partial charge is 0.251 e. The molecule has 0 spiro atoms. The molecule has 1 aliphatic rings. The number of pyridine rings is 1. The highest BCUT2D eigenvalue weighted by Gasteiger charge is 2.28. The van der Waals surface area contributed by atoms with E-state index in [-0.39, 0.29) is 18.1 Å². The van der Waals surface area contributed by atoms with Gasteiger partial charge in [0.05, 0.1) is 19.3 Å². The molecule has 0 saturated carbocycles. The lowest BCUT2D eigenvalue weighted by Crippen LogP contribution is -2.49. The second-order valence-corrected chi connectivity index (χ2v) is 6.29. The Labute approximate surface area is 151 Å². The summed E-state index contributed by atoms with van der Waals surface area (Å²) >= 11 is 0. The number of hydrogen-bond acceptors (Lipinski definition) is 5. The first-order chi connectivity index (χ1) is 12.8. The average molecular weight is 352 g/mol. The summed E-state index contributed by atoms with van der Waals surface area (Å²) < 4.78 is 13.3. The summed E-state index contributed by atoms with van der Waals surface area (Å²) in [4.78, 5) is 12.6. The molecule has 1 N–H and O–H groups in total. The monoisotopic (exact) mass is 352 g/mol. The minimum absolute atomic E-state index is 0.0888. The largest absolute Gasteiger partial charge is 0.379 e. The van der Waals surface area contributed by atoms with Crippen molar-refractivity contribution in [1.82, 2.24) is 19.9 Å². The van der Waals surface area contributed by atoms with Gasteiger partial charge in [0, 0.05) is 18.4 Å².